The second-order valence-electron chi connectivity index (χ2n) is 11.1. The van der Waals surface area contributed by atoms with E-state index in [-0.39, 0.29) is 30.5 Å². The second kappa shape index (κ2) is 12.3. The number of aromatic nitrogens is 3. The summed E-state index contributed by atoms with van der Waals surface area (Å²) in [6.45, 7) is 0.776. The maximum Gasteiger partial charge on any atom is 0.410 e. The van der Waals surface area contributed by atoms with Gasteiger partial charge in [0.25, 0.3) is 5.56 Å². The molecule has 1 amide bonds. The van der Waals surface area contributed by atoms with Gasteiger partial charge in [0, 0.05) is 18.2 Å². The monoisotopic (exact) mass is 606 g/mol. The molecule has 1 saturated heterocycles. The molecule has 3 heterocycles. The molecular formula is C32H35FN4O5S. The summed E-state index contributed by atoms with van der Waals surface area (Å²) in [4.78, 5) is 38.8. The van der Waals surface area contributed by atoms with Crippen molar-refractivity contribution in [3.8, 4) is 11.5 Å². The molecule has 0 bridgehead atoms. The van der Waals surface area contributed by atoms with E-state index in [9.17, 15) is 9.59 Å². The molecule has 226 valence electrons. The highest BCUT2D eigenvalue weighted by Gasteiger charge is 2.40. The number of carbonyl (C=O) groups excluding carboxylic acids is 1. The van der Waals surface area contributed by atoms with Gasteiger partial charge in [-0.25, -0.2) is 19.2 Å². The van der Waals surface area contributed by atoms with Gasteiger partial charge in [-0.15, -0.1) is 0 Å². The van der Waals surface area contributed by atoms with E-state index in [0.717, 1.165) is 31.2 Å². The largest absolute Gasteiger partial charge is 0.497 e. The summed E-state index contributed by atoms with van der Waals surface area (Å²) >= 11 is 1.26. The maximum atomic E-state index is 16.6. The Bertz CT molecular complexity index is 1670. The van der Waals surface area contributed by atoms with Crippen LogP contribution in [0.4, 0.5) is 9.18 Å². The molecular weight excluding hydrogens is 571 g/mol. The van der Waals surface area contributed by atoms with Crippen molar-refractivity contribution in [3.05, 3.63) is 80.8 Å². The summed E-state index contributed by atoms with van der Waals surface area (Å²) in [6, 6.07) is 14.5. The van der Waals surface area contributed by atoms with Crippen LogP contribution in [0.1, 0.15) is 72.9 Å². The first-order chi connectivity index (χ1) is 20.9. The number of benzene rings is 2. The molecule has 1 saturated carbocycles. The minimum absolute atomic E-state index is 0.0736. The summed E-state index contributed by atoms with van der Waals surface area (Å²) in [7, 11) is 3.12. The molecule has 0 spiro atoms. The number of hydrogen-bond donors (Lipinski definition) is 0. The lowest BCUT2D eigenvalue weighted by Crippen LogP contribution is -2.35. The maximum absolute atomic E-state index is 16.6. The van der Waals surface area contributed by atoms with Crippen molar-refractivity contribution in [1.29, 1.82) is 0 Å². The molecule has 2 fully saturated rings. The van der Waals surface area contributed by atoms with Crippen molar-refractivity contribution in [3.63, 3.8) is 0 Å². The average Bonchev–Trinajstić information content (AvgIpc) is 3.70. The number of thiazole rings is 1. The van der Waals surface area contributed by atoms with E-state index in [4.69, 9.17) is 24.2 Å². The molecule has 1 aliphatic carbocycles. The molecule has 2 aromatic carbocycles. The minimum Gasteiger partial charge on any atom is -0.497 e. The first kappa shape index (κ1) is 29.1. The quantitative estimate of drug-likeness (QED) is 0.225. The Morgan fingerprint density at radius 2 is 1.84 bits per heavy atom. The Hall–Kier alpha value is -3.99. The van der Waals surface area contributed by atoms with Crippen molar-refractivity contribution in [2.45, 2.75) is 69.8 Å². The Kier molecular flexibility index (Phi) is 8.34. The summed E-state index contributed by atoms with van der Waals surface area (Å²) in [6.07, 6.45) is 4.07. The fourth-order valence-corrected chi connectivity index (χ4v) is 7.17. The molecule has 0 N–H and O–H groups in total. The first-order valence-corrected chi connectivity index (χ1v) is 15.5. The van der Waals surface area contributed by atoms with Crippen molar-refractivity contribution >= 4 is 27.8 Å². The number of nitrogens with zero attached hydrogens (tertiary/aromatic N) is 4. The van der Waals surface area contributed by atoms with E-state index in [2.05, 4.69) is 0 Å². The summed E-state index contributed by atoms with van der Waals surface area (Å²) in [5, 5.41) is 0.607. The van der Waals surface area contributed by atoms with Gasteiger partial charge >= 0.3 is 6.09 Å². The van der Waals surface area contributed by atoms with Gasteiger partial charge in [-0.3, -0.25) is 14.3 Å². The number of ether oxygens (including phenoxy) is 3. The van der Waals surface area contributed by atoms with Gasteiger partial charge < -0.3 is 14.2 Å². The SMILES string of the molecule is COc1ccc(Cn2c(C3(F)CCCCC3)nc3sc(C4CCCN4C(=O)OCc4ccccc4)nc3c2=O)c(OC)c1. The number of fused-ring (bicyclic) bond motifs is 1. The van der Waals surface area contributed by atoms with Crippen LogP contribution in [0, 0.1) is 0 Å². The molecule has 43 heavy (non-hydrogen) atoms. The standard InChI is InChI=1S/C32H35FN4O5S/c1-40-23-14-13-22(25(18-23)41-2)19-37-29(38)26-28(35-30(37)32(33)15-7-4-8-16-32)43-27(34-26)24-12-9-17-36(24)31(39)42-20-21-10-5-3-6-11-21/h3,5-6,10-11,13-14,18,24H,4,7-9,12,15-17,19-20H2,1-2H3. The fourth-order valence-electron chi connectivity index (χ4n) is 6.09. The minimum atomic E-state index is -1.73. The van der Waals surface area contributed by atoms with Crippen LogP contribution >= 0.6 is 11.3 Å². The number of carbonyl (C=O) groups is 1. The zero-order valence-electron chi connectivity index (χ0n) is 24.4. The van der Waals surface area contributed by atoms with Gasteiger partial charge in [-0.1, -0.05) is 48.1 Å². The zero-order chi connectivity index (χ0) is 30.0. The van der Waals surface area contributed by atoms with Gasteiger partial charge in [0.15, 0.2) is 21.8 Å². The van der Waals surface area contributed by atoms with Crippen LogP contribution in [-0.4, -0.2) is 46.3 Å². The first-order valence-electron chi connectivity index (χ1n) is 14.7. The Balaban J connectivity index is 1.36. The molecule has 0 radical (unpaired) electrons. The van der Waals surface area contributed by atoms with E-state index >= 15 is 4.39 Å². The van der Waals surface area contributed by atoms with E-state index < -0.39 is 17.3 Å². The number of alkyl halides is 1. The van der Waals surface area contributed by atoms with Gasteiger partial charge in [-0.05, 0) is 56.2 Å². The van der Waals surface area contributed by atoms with Crippen LogP contribution in [-0.2, 0) is 23.6 Å². The third-order valence-corrected chi connectivity index (χ3v) is 9.43. The number of methoxy groups -OCH3 is 2. The lowest BCUT2D eigenvalue weighted by atomic mass is 9.85. The molecule has 4 aromatic rings. The number of halogens is 1. The zero-order valence-corrected chi connectivity index (χ0v) is 25.2. The molecule has 11 heteroatoms. The Morgan fingerprint density at radius 3 is 2.58 bits per heavy atom. The van der Waals surface area contributed by atoms with Crippen LogP contribution in [0.3, 0.4) is 0 Å². The third-order valence-electron chi connectivity index (χ3n) is 8.38. The number of likely N-dealkylation sites (tertiary alicyclic amines) is 1. The molecule has 2 aromatic heterocycles. The topological polar surface area (TPSA) is 95.8 Å². The van der Waals surface area contributed by atoms with Crippen LogP contribution in [0.25, 0.3) is 10.3 Å². The Morgan fingerprint density at radius 1 is 1.05 bits per heavy atom. The van der Waals surface area contributed by atoms with Crippen molar-refractivity contribution in [2.24, 2.45) is 0 Å². The highest BCUT2D eigenvalue weighted by Crippen LogP contribution is 2.42. The normalized spacial score (nSPS) is 18.1. The smallest absolute Gasteiger partial charge is 0.410 e. The van der Waals surface area contributed by atoms with E-state index in [1.54, 1.807) is 31.3 Å². The van der Waals surface area contributed by atoms with Gasteiger partial charge in [-0.2, -0.15) is 0 Å². The average molecular weight is 607 g/mol. The Labute approximate surface area is 253 Å². The van der Waals surface area contributed by atoms with E-state index in [0.29, 0.717) is 52.7 Å². The molecule has 2 aliphatic rings. The van der Waals surface area contributed by atoms with Crippen LogP contribution in [0.5, 0.6) is 11.5 Å². The number of rotatable bonds is 8. The van der Waals surface area contributed by atoms with Crippen LogP contribution in [0.15, 0.2) is 53.3 Å². The predicted octanol–water partition coefficient (Wildman–Crippen LogP) is 6.52. The lowest BCUT2D eigenvalue weighted by Gasteiger charge is -2.30. The number of hydrogen-bond acceptors (Lipinski definition) is 8. The molecule has 1 aliphatic heterocycles. The van der Waals surface area contributed by atoms with Gasteiger partial charge in [0.1, 0.15) is 23.1 Å². The summed E-state index contributed by atoms with van der Waals surface area (Å²) < 4.78 is 34.6. The van der Waals surface area contributed by atoms with Crippen molar-refractivity contribution in [2.75, 3.05) is 20.8 Å². The van der Waals surface area contributed by atoms with Crippen molar-refractivity contribution in [1.82, 2.24) is 19.4 Å². The summed E-state index contributed by atoms with van der Waals surface area (Å²) in [5.41, 5.74) is -0.346. The van der Waals surface area contributed by atoms with E-state index in [1.807, 2.05) is 36.4 Å². The van der Waals surface area contributed by atoms with Crippen molar-refractivity contribution < 1.29 is 23.4 Å². The highest BCUT2D eigenvalue weighted by molar-refractivity contribution is 7.18. The molecule has 9 nitrogen and oxygen atoms in total. The van der Waals surface area contributed by atoms with Crippen LogP contribution in [0.2, 0.25) is 0 Å². The molecule has 1 unspecified atom stereocenters. The predicted molar refractivity (Wildman–Crippen MR) is 162 cm³/mol. The van der Waals surface area contributed by atoms with E-state index in [1.165, 1.54) is 15.9 Å². The molecule has 1 atom stereocenters. The lowest BCUT2D eigenvalue weighted by molar-refractivity contribution is 0.0895. The summed E-state index contributed by atoms with van der Waals surface area (Å²) in [5.74, 6) is 1.27. The third kappa shape index (κ3) is 5.82. The second-order valence-corrected chi connectivity index (χ2v) is 12.1. The molecule has 6 rings (SSSR count). The number of amides is 1. The van der Waals surface area contributed by atoms with Crippen LogP contribution < -0.4 is 15.0 Å². The van der Waals surface area contributed by atoms with Gasteiger partial charge in [0.05, 0.1) is 26.8 Å². The highest BCUT2D eigenvalue weighted by atomic mass is 32.1. The fraction of sp³-hybridized carbons (Fsp3) is 0.438. The van der Waals surface area contributed by atoms with Gasteiger partial charge in [0.2, 0.25) is 0 Å².